The van der Waals surface area contributed by atoms with Crippen LogP contribution in [0.2, 0.25) is 5.02 Å². The number of benzene rings is 1. The Hall–Kier alpha value is -3.58. The van der Waals surface area contributed by atoms with Gasteiger partial charge in [-0.3, -0.25) is 14.0 Å². The van der Waals surface area contributed by atoms with E-state index in [0.717, 1.165) is 22.3 Å². The molecule has 0 bridgehead atoms. The molecular formula is C37H48ClN5O8S. The first-order chi connectivity index (χ1) is 25.2. The van der Waals surface area contributed by atoms with E-state index in [9.17, 15) is 13.8 Å². The average Bonchev–Trinajstić information content (AvgIpc) is 3.57. The highest BCUT2D eigenvalue weighted by Gasteiger charge is 2.53. The third-order valence-corrected chi connectivity index (χ3v) is 10.7. The van der Waals surface area contributed by atoms with E-state index in [2.05, 4.69) is 15.5 Å². The van der Waals surface area contributed by atoms with Gasteiger partial charge in [-0.15, -0.1) is 6.42 Å². The van der Waals surface area contributed by atoms with Crippen molar-refractivity contribution in [1.82, 2.24) is 19.4 Å². The van der Waals surface area contributed by atoms with Crippen molar-refractivity contribution in [3.8, 4) is 12.3 Å². The highest BCUT2D eigenvalue weighted by Crippen LogP contribution is 2.48. The van der Waals surface area contributed by atoms with Crippen LogP contribution in [0, 0.1) is 12.3 Å². The smallest absolute Gasteiger partial charge is 0.410 e. The average molecular weight is 758 g/mol. The molecule has 2 amide bonds. The van der Waals surface area contributed by atoms with Crippen LogP contribution in [-0.2, 0) is 57.8 Å². The molecule has 2 aromatic heterocycles. The second-order valence-corrected chi connectivity index (χ2v) is 15.0. The third kappa shape index (κ3) is 10.1. The number of halogens is 1. The van der Waals surface area contributed by atoms with Gasteiger partial charge in [0.2, 0.25) is 5.91 Å². The maximum absolute atomic E-state index is 14.4. The van der Waals surface area contributed by atoms with Gasteiger partial charge < -0.3 is 38.1 Å². The Bertz CT molecular complexity index is 1720. The number of fused-ring (bicyclic) bond motifs is 3. The lowest BCUT2D eigenvalue weighted by atomic mass is 9.74. The molecule has 3 aromatic rings. The second-order valence-electron chi connectivity index (χ2n) is 12.9. The summed E-state index contributed by atoms with van der Waals surface area (Å²) in [4.78, 5) is 39.7. The number of aromatic nitrogens is 3. The largest absolute Gasteiger partial charge is 0.447 e. The molecule has 0 N–H and O–H groups in total. The Morgan fingerprint density at radius 3 is 2.40 bits per heavy atom. The van der Waals surface area contributed by atoms with E-state index in [1.165, 1.54) is 0 Å². The van der Waals surface area contributed by atoms with Crippen LogP contribution >= 0.6 is 11.6 Å². The zero-order valence-corrected chi connectivity index (χ0v) is 31.5. The molecule has 2 aliphatic rings. The van der Waals surface area contributed by atoms with Crippen LogP contribution in [-0.4, -0.2) is 119 Å². The van der Waals surface area contributed by atoms with Crippen molar-refractivity contribution in [2.45, 2.75) is 57.7 Å². The molecule has 0 aliphatic carbocycles. The molecule has 15 heteroatoms. The zero-order chi connectivity index (χ0) is 36.9. The topological polar surface area (TPSA) is 135 Å². The van der Waals surface area contributed by atoms with Crippen LogP contribution in [0.3, 0.4) is 0 Å². The zero-order valence-electron chi connectivity index (χ0n) is 29.9. The van der Waals surface area contributed by atoms with Crippen LogP contribution in [0.15, 0.2) is 36.7 Å². The number of hydrogen-bond acceptors (Lipinski definition) is 10. The summed E-state index contributed by atoms with van der Waals surface area (Å²) in [6.07, 6.45) is 9.61. The van der Waals surface area contributed by atoms with Crippen molar-refractivity contribution in [1.29, 1.82) is 0 Å². The lowest BCUT2D eigenvalue weighted by molar-refractivity contribution is -0.125. The number of nitrogens with zero attached hydrogens (tertiary/aromatic N) is 5. The van der Waals surface area contributed by atoms with Gasteiger partial charge in [-0.2, -0.15) is 0 Å². The molecule has 52 heavy (non-hydrogen) atoms. The first-order valence-corrected chi connectivity index (χ1v) is 19.6. The summed E-state index contributed by atoms with van der Waals surface area (Å²) in [7, 11) is -1.07. The van der Waals surface area contributed by atoms with E-state index in [0.29, 0.717) is 107 Å². The maximum atomic E-state index is 14.4. The van der Waals surface area contributed by atoms with Gasteiger partial charge in [0.25, 0.3) is 0 Å². The standard InChI is InChI=1S/C37H48ClN5O8S/c1-4-15-47-16-17-48-18-19-49-20-21-50-22-24-52(46)23-5-12-42-32-7-6-29(38)25-31(32)40-34(42)27-43-33-26-39-11-8-30(33)37(35(43)44)9-13-41(14-10-37)36(45)51-28(2)3/h1,6-8,11,25-26,28H,5,9-10,12-24,27H2,2-3H3. The van der Waals surface area contributed by atoms with Gasteiger partial charge in [-0.1, -0.05) is 17.5 Å². The predicted molar refractivity (Wildman–Crippen MR) is 199 cm³/mol. The SMILES string of the molecule is C#CCOCCOCCOCCOCCS(=O)CCCn1c(CN2C(=O)C3(CCN(C(=O)OC(C)C)CC3)c3ccncc32)nc2cc(Cl)ccc21. The van der Waals surface area contributed by atoms with E-state index >= 15 is 0 Å². The van der Waals surface area contributed by atoms with Crippen LogP contribution in [0.1, 0.15) is 44.5 Å². The number of aryl methyl sites for hydroxylation is 1. The van der Waals surface area contributed by atoms with Crippen LogP contribution in [0.4, 0.5) is 10.5 Å². The number of carbonyl (C=O) groups is 2. The third-order valence-electron chi connectivity index (χ3n) is 9.07. The van der Waals surface area contributed by atoms with Crippen LogP contribution in [0.5, 0.6) is 0 Å². The van der Waals surface area contributed by atoms with Gasteiger partial charge in [-0.25, -0.2) is 9.78 Å². The maximum Gasteiger partial charge on any atom is 0.410 e. The molecule has 1 fully saturated rings. The minimum atomic E-state index is -1.07. The number of rotatable bonds is 20. The summed E-state index contributed by atoms with van der Waals surface area (Å²) in [5, 5.41) is 0.569. The number of piperidine rings is 1. The molecule has 5 rings (SSSR count). The van der Waals surface area contributed by atoms with Crippen LogP contribution in [0.25, 0.3) is 11.0 Å². The van der Waals surface area contributed by atoms with Crippen molar-refractivity contribution >= 4 is 51.1 Å². The molecule has 4 heterocycles. The van der Waals surface area contributed by atoms with Crippen molar-refractivity contribution in [3.05, 3.63) is 53.1 Å². The fraction of sp³-hybridized carbons (Fsp3) is 0.568. The molecule has 1 unspecified atom stereocenters. The number of ether oxygens (including phenoxy) is 5. The quantitative estimate of drug-likeness (QED) is 0.121. The van der Waals surface area contributed by atoms with Gasteiger partial charge >= 0.3 is 6.09 Å². The summed E-state index contributed by atoms with van der Waals surface area (Å²) < 4.78 is 42.0. The Kier molecular flexibility index (Phi) is 14.8. The number of likely N-dealkylation sites (tertiary alicyclic amines) is 1. The Morgan fingerprint density at radius 2 is 1.71 bits per heavy atom. The predicted octanol–water partition coefficient (Wildman–Crippen LogP) is 4.35. The van der Waals surface area contributed by atoms with Gasteiger partial charge in [0.05, 0.1) is 87.2 Å². The Morgan fingerprint density at radius 1 is 1.02 bits per heavy atom. The summed E-state index contributed by atoms with van der Waals surface area (Å²) in [5.74, 6) is 3.99. The number of carbonyl (C=O) groups excluding carboxylic acids is 2. The summed E-state index contributed by atoms with van der Waals surface area (Å²) in [6, 6.07) is 7.48. The molecule has 1 aromatic carbocycles. The summed E-state index contributed by atoms with van der Waals surface area (Å²) in [6.45, 7) is 8.59. The minimum absolute atomic E-state index is 0.0223. The summed E-state index contributed by atoms with van der Waals surface area (Å²) in [5.41, 5.74) is 2.53. The monoisotopic (exact) mass is 757 g/mol. The number of pyridine rings is 1. The van der Waals surface area contributed by atoms with E-state index in [1.807, 2.05) is 38.1 Å². The molecule has 1 atom stereocenters. The number of amides is 2. The fourth-order valence-corrected chi connectivity index (χ4v) is 7.69. The number of hydrogen-bond donors (Lipinski definition) is 0. The lowest BCUT2D eigenvalue weighted by Gasteiger charge is -2.38. The molecule has 0 radical (unpaired) electrons. The van der Waals surface area contributed by atoms with Gasteiger partial charge in [0.15, 0.2) is 0 Å². The molecule has 13 nitrogen and oxygen atoms in total. The van der Waals surface area contributed by atoms with Gasteiger partial charge in [0, 0.05) is 53.2 Å². The first-order valence-electron chi connectivity index (χ1n) is 17.7. The molecule has 282 valence electrons. The van der Waals surface area contributed by atoms with Crippen molar-refractivity contribution < 1.29 is 37.5 Å². The molecule has 2 aliphatic heterocycles. The fourth-order valence-electron chi connectivity index (χ4n) is 6.57. The number of imidazole rings is 1. The minimum Gasteiger partial charge on any atom is -0.447 e. The summed E-state index contributed by atoms with van der Waals surface area (Å²) >= 11 is 6.34. The highest BCUT2D eigenvalue weighted by molar-refractivity contribution is 7.84. The molecule has 0 saturated carbocycles. The number of anilines is 1. The molecule has 1 saturated heterocycles. The van der Waals surface area contributed by atoms with Crippen molar-refractivity contribution in [3.63, 3.8) is 0 Å². The number of terminal acetylenes is 1. The van der Waals surface area contributed by atoms with Crippen molar-refractivity contribution in [2.75, 3.05) is 82.4 Å². The van der Waals surface area contributed by atoms with Gasteiger partial charge in [0.1, 0.15) is 12.4 Å². The lowest BCUT2D eigenvalue weighted by Crippen LogP contribution is -2.50. The Balaban J connectivity index is 1.13. The van der Waals surface area contributed by atoms with Crippen molar-refractivity contribution in [2.24, 2.45) is 0 Å². The second kappa shape index (κ2) is 19.5. The highest BCUT2D eigenvalue weighted by atomic mass is 35.5. The first kappa shape index (κ1) is 39.6. The van der Waals surface area contributed by atoms with E-state index < -0.39 is 16.2 Å². The van der Waals surface area contributed by atoms with Crippen LogP contribution < -0.4 is 4.90 Å². The van der Waals surface area contributed by atoms with Gasteiger partial charge in [-0.05, 0) is 62.9 Å². The normalized spacial score (nSPS) is 15.8. The van der Waals surface area contributed by atoms with E-state index in [1.54, 1.807) is 22.2 Å². The Labute approximate surface area is 312 Å². The van der Waals surface area contributed by atoms with E-state index in [-0.39, 0.29) is 31.3 Å². The molecule has 1 spiro atoms. The van der Waals surface area contributed by atoms with E-state index in [4.69, 9.17) is 46.7 Å². The molecular weight excluding hydrogens is 710 g/mol.